The standard InChI is InChI=1S/C16H18N2O2/c19-12-15(14-9-5-2-6-10-14)18-16(20)17-11-13-7-3-1-4-8-13/h1-10,15,19H,11-12H2,(H2,17,18,20)/t15-/m0/s1. The van der Waals surface area contributed by atoms with Crippen LogP contribution in [0.5, 0.6) is 0 Å². The van der Waals surface area contributed by atoms with E-state index in [0.29, 0.717) is 6.54 Å². The first-order valence-electron chi connectivity index (χ1n) is 6.53. The van der Waals surface area contributed by atoms with Gasteiger partial charge in [0.05, 0.1) is 12.6 Å². The smallest absolute Gasteiger partial charge is 0.315 e. The second-order valence-electron chi connectivity index (χ2n) is 4.46. The van der Waals surface area contributed by atoms with Crippen molar-refractivity contribution >= 4 is 6.03 Å². The summed E-state index contributed by atoms with van der Waals surface area (Å²) in [6.45, 7) is 0.322. The van der Waals surface area contributed by atoms with Crippen molar-refractivity contribution in [2.75, 3.05) is 6.61 Å². The van der Waals surface area contributed by atoms with Crippen molar-refractivity contribution in [3.63, 3.8) is 0 Å². The topological polar surface area (TPSA) is 61.4 Å². The first kappa shape index (κ1) is 14.1. The Bertz CT molecular complexity index is 529. The average molecular weight is 270 g/mol. The minimum atomic E-state index is -0.396. The van der Waals surface area contributed by atoms with Gasteiger partial charge in [0.15, 0.2) is 0 Å². The quantitative estimate of drug-likeness (QED) is 0.780. The molecule has 2 amide bonds. The fourth-order valence-corrected chi connectivity index (χ4v) is 1.91. The van der Waals surface area contributed by atoms with E-state index in [9.17, 15) is 9.90 Å². The summed E-state index contributed by atoms with van der Waals surface area (Å²) in [6.07, 6.45) is 0. The summed E-state index contributed by atoms with van der Waals surface area (Å²) in [5.41, 5.74) is 1.91. The lowest BCUT2D eigenvalue weighted by Gasteiger charge is -2.17. The van der Waals surface area contributed by atoms with Gasteiger partial charge >= 0.3 is 6.03 Å². The van der Waals surface area contributed by atoms with Crippen molar-refractivity contribution < 1.29 is 9.90 Å². The molecule has 0 aliphatic carbocycles. The molecule has 1 atom stereocenters. The number of benzene rings is 2. The molecule has 0 fully saturated rings. The molecule has 4 nitrogen and oxygen atoms in total. The van der Waals surface area contributed by atoms with E-state index in [4.69, 9.17) is 0 Å². The maximum absolute atomic E-state index is 11.8. The molecule has 20 heavy (non-hydrogen) atoms. The van der Waals surface area contributed by atoms with Gasteiger partial charge in [-0.05, 0) is 11.1 Å². The summed E-state index contributed by atoms with van der Waals surface area (Å²) in [5.74, 6) is 0. The molecule has 0 saturated carbocycles. The molecule has 0 saturated heterocycles. The molecule has 2 aromatic rings. The lowest BCUT2D eigenvalue weighted by atomic mass is 10.1. The van der Waals surface area contributed by atoms with E-state index in [1.807, 2.05) is 60.7 Å². The fourth-order valence-electron chi connectivity index (χ4n) is 1.91. The Morgan fingerprint density at radius 1 is 1.00 bits per heavy atom. The Morgan fingerprint density at radius 2 is 1.60 bits per heavy atom. The zero-order chi connectivity index (χ0) is 14.2. The lowest BCUT2D eigenvalue weighted by molar-refractivity contribution is 0.216. The molecule has 0 aliphatic rings. The highest BCUT2D eigenvalue weighted by Gasteiger charge is 2.12. The normalized spacial score (nSPS) is 11.7. The van der Waals surface area contributed by atoms with Crippen molar-refractivity contribution in [1.82, 2.24) is 10.6 Å². The molecule has 2 aromatic carbocycles. The average Bonchev–Trinajstić information content (AvgIpc) is 2.52. The number of hydrogen-bond acceptors (Lipinski definition) is 2. The van der Waals surface area contributed by atoms with Crippen molar-refractivity contribution in [3.05, 3.63) is 71.8 Å². The predicted octanol–water partition coefficient (Wildman–Crippen LogP) is 2.22. The molecule has 0 aliphatic heterocycles. The molecule has 0 heterocycles. The molecule has 4 heteroatoms. The van der Waals surface area contributed by atoms with Gasteiger partial charge in [-0.1, -0.05) is 60.7 Å². The molecule has 0 radical (unpaired) electrons. The molecule has 3 N–H and O–H groups in total. The van der Waals surface area contributed by atoms with Crippen LogP contribution >= 0.6 is 0 Å². The third-order valence-corrected chi connectivity index (χ3v) is 2.99. The summed E-state index contributed by atoms with van der Waals surface area (Å²) >= 11 is 0. The number of nitrogens with one attached hydrogen (secondary N) is 2. The Hall–Kier alpha value is -2.33. The number of rotatable bonds is 5. The van der Waals surface area contributed by atoms with Gasteiger partial charge in [0, 0.05) is 6.54 Å². The second kappa shape index (κ2) is 7.31. The molecule has 0 bridgehead atoms. The maximum Gasteiger partial charge on any atom is 0.315 e. The molecular formula is C16H18N2O2. The van der Waals surface area contributed by atoms with Gasteiger partial charge in [-0.25, -0.2) is 4.79 Å². The van der Waals surface area contributed by atoms with Gasteiger partial charge in [-0.2, -0.15) is 0 Å². The van der Waals surface area contributed by atoms with Gasteiger partial charge < -0.3 is 15.7 Å². The zero-order valence-electron chi connectivity index (χ0n) is 11.1. The third-order valence-electron chi connectivity index (χ3n) is 2.99. The monoisotopic (exact) mass is 270 g/mol. The van der Waals surface area contributed by atoms with E-state index in [2.05, 4.69) is 10.6 Å². The summed E-state index contributed by atoms with van der Waals surface area (Å²) < 4.78 is 0. The lowest BCUT2D eigenvalue weighted by Crippen LogP contribution is -2.38. The van der Waals surface area contributed by atoms with Crippen molar-refractivity contribution in [2.24, 2.45) is 0 Å². The number of hydrogen-bond donors (Lipinski definition) is 3. The first-order chi connectivity index (χ1) is 9.79. The fraction of sp³-hybridized carbons (Fsp3) is 0.188. The van der Waals surface area contributed by atoms with E-state index < -0.39 is 6.04 Å². The molecular weight excluding hydrogens is 252 g/mol. The number of carbonyl (C=O) groups excluding carboxylic acids is 1. The van der Waals surface area contributed by atoms with E-state index in [0.717, 1.165) is 11.1 Å². The third kappa shape index (κ3) is 4.10. The van der Waals surface area contributed by atoms with E-state index in [-0.39, 0.29) is 12.6 Å². The highest BCUT2D eigenvalue weighted by Crippen LogP contribution is 2.11. The van der Waals surface area contributed by atoms with E-state index in [1.165, 1.54) is 0 Å². The SMILES string of the molecule is O=C(NCc1ccccc1)N[C@@H](CO)c1ccccc1. The molecule has 0 aromatic heterocycles. The second-order valence-corrected chi connectivity index (χ2v) is 4.46. The minimum Gasteiger partial charge on any atom is -0.394 e. The van der Waals surface area contributed by atoms with E-state index in [1.54, 1.807) is 0 Å². The van der Waals surface area contributed by atoms with Crippen LogP contribution in [-0.2, 0) is 6.54 Å². The number of aliphatic hydroxyl groups excluding tert-OH is 1. The number of urea groups is 1. The Kier molecular flexibility index (Phi) is 5.15. The zero-order valence-corrected chi connectivity index (χ0v) is 11.1. The van der Waals surface area contributed by atoms with Gasteiger partial charge in [0.1, 0.15) is 0 Å². The minimum absolute atomic E-state index is 0.136. The van der Waals surface area contributed by atoms with Gasteiger partial charge in [-0.15, -0.1) is 0 Å². The van der Waals surface area contributed by atoms with Crippen LogP contribution in [-0.4, -0.2) is 17.7 Å². The Morgan fingerprint density at radius 3 is 2.20 bits per heavy atom. The summed E-state index contributed by atoms with van der Waals surface area (Å²) in [4.78, 5) is 11.8. The van der Waals surface area contributed by atoms with Crippen molar-refractivity contribution in [1.29, 1.82) is 0 Å². The van der Waals surface area contributed by atoms with Crippen LogP contribution in [0.3, 0.4) is 0 Å². The maximum atomic E-state index is 11.8. The van der Waals surface area contributed by atoms with Crippen LogP contribution < -0.4 is 10.6 Å². The Balaban J connectivity index is 1.87. The van der Waals surface area contributed by atoms with Crippen LogP contribution in [0.15, 0.2) is 60.7 Å². The predicted molar refractivity (Wildman–Crippen MR) is 78.1 cm³/mol. The van der Waals surface area contributed by atoms with Gasteiger partial charge in [0.2, 0.25) is 0 Å². The molecule has 0 unspecified atom stereocenters. The number of carbonyl (C=O) groups is 1. The highest BCUT2D eigenvalue weighted by molar-refractivity contribution is 5.74. The summed E-state index contributed by atoms with van der Waals surface area (Å²) in [5, 5.41) is 14.9. The number of aliphatic hydroxyl groups is 1. The van der Waals surface area contributed by atoms with Crippen LogP contribution in [0.1, 0.15) is 17.2 Å². The molecule has 104 valence electrons. The Labute approximate surface area is 118 Å². The van der Waals surface area contributed by atoms with Crippen LogP contribution in [0.2, 0.25) is 0 Å². The van der Waals surface area contributed by atoms with Gasteiger partial charge in [0.25, 0.3) is 0 Å². The summed E-state index contributed by atoms with van der Waals surface area (Å²) in [7, 11) is 0. The molecule has 0 spiro atoms. The van der Waals surface area contributed by atoms with Crippen molar-refractivity contribution in [2.45, 2.75) is 12.6 Å². The first-order valence-corrected chi connectivity index (χ1v) is 6.53. The van der Waals surface area contributed by atoms with Crippen molar-refractivity contribution in [3.8, 4) is 0 Å². The van der Waals surface area contributed by atoms with E-state index >= 15 is 0 Å². The van der Waals surface area contributed by atoms with Gasteiger partial charge in [-0.3, -0.25) is 0 Å². The van der Waals surface area contributed by atoms with Crippen LogP contribution in [0, 0.1) is 0 Å². The largest absolute Gasteiger partial charge is 0.394 e. The molecule has 2 rings (SSSR count). The van der Waals surface area contributed by atoms with Crippen LogP contribution in [0.4, 0.5) is 4.79 Å². The summed E-state index contributed by atoms with van der Waals surface area (Å²) in [6, 6.07) is 18.4. The highest BCUT2D eigenvalue weighted by atomic mass is 16.3. The van der Waals surface area contributed by atoms with Crippen LogP contribution in [0.25, 0.3) is 0 Å². The number of amides is 2.